The Morgan fingerprint density at radius 3 is 2.79 bits per heavy atom. The highest BCUT2D eigenvalue weighted by Gasteiger charge is 2.42. The van der Waals surface area contributed by atoms with Crippen LogP contribution in [-0.2, 0) is 4.79 Å². The molecule has 1 saturated heterocycles. The maximum atomic E-state index is 12.5. The van der Waals surface area contributed by atoms with Crippen LogP contribution in [0.3, 0.4) is 0 Å². The molecule has 1 aliphatic heterocycles. The van der Waals surface area contributed by atoms with E-state index in [1.165, 1.54) is 51.4 Å². The summed E-state index contributed by atoms with van der Waals surface area (Å²) in [5, 5.41) is 6.83. The molecule has 2 aliphatic carbocycles. The van der Waals surface area contributed by atoms with E-state index in [1.807, 2.05) is 0 Å². The molecule has 2 N–H and O–H groups in total. The van der Waals surface area contributed by atoms with Crippen LogP contribution in [0.2, 0.25) is 0 Å². The maximum Gasteiger partial charge on any atom is 0.237 e. The minimum atomic E-state index is 0.1000. The van der Waals surface area contributed by atoms with Crippen molar-refractivity contribution in [2.75, 3.05) is 6.54 Å². The Morgan fingerprint density at radius 1 is 1.05 bits per heavy atom. The molecular weight excluding hydrogens is 236 g/mol. The van der Waals surface area contributed by atoms with Gasteiger partial charge in [0, 0.05) is 6.04 Å². The molecule has 0 bridgehead atoms. The summed E-state index contributed by atoms with van der Waals surface area (Å²) in [4.78, 5) is 12.5. The summed E-state index contributed by atoms with van der Waals surface area (Å²) in [5.74, 6) is 2.31. The molecule has 0 aromatic rings. The van der Waals surface area contributed by atoms with Crippen LogP contribution >= 0.6 is 0 Å². The Balaban J connectivity index is 1.58. The van der Waals surface area contributed by atoms with Crippen LogP contribution in [0.4, 0.5) is 0 Å². The fourth-order valence-electron chi connectivity index (χ4n) is 4.45. The molecule has 0 spiro atoms. The van der Waals surface area contributed by atoms with Crippen LogP contribution in [0.1, 0.15) is 58.3 Å². The molecule has 0 aromatic heterocycles. The highest BCUT2D eigenvalue weighted by Crippen LogP contribution is 2.37. The Hall–Kier alpha value is -0.570. The molecule has 0 radical (unpaired) electrons. The number of fused-ring (bicyclic) bond motifs is 1. The van der Waals surface area contributed by atoms with Gasteiger partial charge < -0.3 is 10.6 Å². The van der Waals surface area contributed by atoms with Gasteiger partial charge in [-0.15, -0.1) is 0 Å². The van der Waals surface area contributed by atoms with Crippen molar-refractivity contribution in [3.8, 4) is 0 Å². The van der Waals surface area contributed by atoms with Gasteiger partial charge in [-0.2, -0.15) is 0 Å². The fraction of sp³-hybridized carbons (Fsp3) is 0.938. The highest BCUT2D eigenvalue weighted by atomic mass is 16.2. The summed E-state index contributed by atoms with van der Waals surface area (Å²) >= 11 is 0. The van der Waals surface area contributed by atoms with E-state index in [9.17, 15) is 4.79 Å². The molecule has 3 heteroatoms. The van der Waals surface area contributed by atoms with Crippen LogP contribution in [0.25, 0.3) is 0 Å². The van der Waals surface area contributed by atoms with Crippen molar-refractivity contribution in [3.05, 3.63) is 0 Å². The SMILES string of the molecule is CC1CCCCCC1NC(=O)C1NCC2CCCC21. The van der Waals surface area contributed by atoms with Crippen molar-refractivity contribution in [2.24, 2.45) is 17.8 Å². The summed E-state index contributed by atoms with van der Waals surface area (Å²) in [6, 6.07) is 0.514. The monoisotopic (exact) mass is 264 g/mol. The van der Waals surface area contributed by atoms with E-state index in [0.717, 1.165) is 12.5 Å². The van der Waals surface area contributed by atoms with Crippen molar-refractivity contribution in [3.63, 3.8) is 0 Å². The molecule has 2 saturated carbocycles. The summed E-state index contributed by atoms with van der Waals surface area (Å²) in [7, 11) is 0. The van der Waals surface area contributed by atoms with Gasteiger partial charge in [-0.05, 0) is 50.0 Å². The van der Waals surface area contributed by atoms with E-state index in [-0.39, 0.29) is 11.9 Å². The first-order valence-corrected chi connectivity index (χ1v) is 8.29. The van der Waals surface area contributed by atoms with Crippen molar-refractivity contribution in [1.82, 2.24) is 10.6 Å². The standard InChI is InChI=1S/C16H28N2O/c1-11-6-3-2-4-9-14(11)18-16(19)15-13-8-5-7-12(13)10-17-15/h11-15,17H,2-10H2,1H3,(H,18,19). The third kappa shape index (κ3) is 2.81. The Kier molecular flexibility index (Phi) is 4.11. The number of amides is 1. The van der Waals surface area contributed by atoms with E-state index >= 15 is 0 Å². The van der Waals surface area contributed by atoms with Gasteiger partial charge in [-0.25, -0.2) is 0 Å². The topological polar surface area (TPSA) is 41.1 Å². The zero-order valence-electron chi connectivity index (χ0n) is 12.2. The second-order valence-corrected chi connectivity index (χ2v) is 6.97. The first kappa shape index (κ1) is 13.4. The van der Waals surface area contributed by atoms with E-state index in [2.05, 4.69) is 17.6 Å². The Bertz CT molecular complexity index is 331. The van der Waals surface area contributed by atoms with Gasteiger partial charge in [0.15, 0.2) is 0 Å². The predicted molar refractivity (Wildman–Crippen MR) is 76.8 cm³/mol. The van der Waals surface area contributed by atoms with Gasteiger partial charge in [0.05, 0.1) is 6.04 Å². The lowest BCUT2D eigenvalue weighted by Gasteiger charge is -2.26. The zero-order valence-corrected chi connectivity index (χ0v) is 12.2. The first-order chi connectivity index (χ1) is 9.25. The number of carbonyl (C=O) groups excluding carboxylic acids is 1. The Morgan fingerprint density at radius 2 is 1.89 bits per heavy atom. The van der Waals surface area contributed by atoms with Crippen molar-refractivity contribution in [2.45, 2.75) is 70.4 Å². The number of carbonyl (C=O) groups is 1. The molecule has 1 amide bonds. The van der Waals surface area contributed by atoms with Crippen LogP contribution in [0.5, 0.6) is 0 Å². The van der Waals surface area contributed by atoms with E-state index in [0.29, 0.717) is 17.9 Å². The molecule has 3 rings (SSSR count). The molecule has 3 fully saturated rings. The van der Waals surface area contributed by atoms with E-state index in [1.54, 1.807) is 0 Å². The van der Waals surface area contributed by atoms with Crippen LogP contribution in [-0.4, -0.2) is 24.5 Å². The largest absolute Gasteiger partial charge is 0.352 e. The molecule has 5 atom stereocenters. The van der Waals surface area contributed by atoms with Gasteiger partial charge >= 0.3 is 0 Å². The van der Waals surface area contributed by atoms with Gasteiger partial charge in [0.2, 0.25) is 5.91 Å². The zero-order chi connectivity index (χ0) is 13.2. The second kappa shape index (κ2) is 5.82. The lowest BCUT2D eigenvalue weighted by atomic mass is 9.92. The number of rotatable bonds is 2. The van der Waals surface area contributed by atoms with Crippen molar-refractivity contribution < 1.29 is 4.79 Å². The number of hydrogen-bond acceptors (Lipinski definition) is 2. The molecule has 0 aromatic carbocycles. The molecular formula is C16H28N2O. The minimum absolute atomic E-state index is 0.1000. The maximum absolute atomic E-state index is 12.5. The lowest BCUT2D eigenvalue weighted by Crippen LogP contribution is -2.49. The second-order valence-electron chi connectivity index (χ2n) is 6.97. The molecule has 19 heavy (non-hydrogen) atoms. The van der Waals surface area contributed by atoms with E-state index in [4.69, 9.17) is 0 Å². The van der Waals surface area contributed by atoms with Crippen LogP contribution in [0.15, 0.2) is 0 Å². The van der Waals surface area contributed by atoms with Gasteiger partial charge in [0.25, 0.3) is 0 Å². The number of hydrogen-bond donors (Lipinski definition) is 2. The minimum Gasteiger partial charge on any atom is -0.352 e. The fourth-order valence-corrected chi connectivity index (χ4v) is 4.45. The molecule has 3 aliphatic rings. The number of nitrogens with one attached hydrogen (secondary N) is 2. The van der Waals surface area contributed by atoms with E-state index < -0.39 is 0 Å². The van der Waals surface area contributed by atoms with Crippen LogP contribution < -0.4 is 10.6 Å². The van der Waals surface area contributed by atoms with Gasteiger partial charge in [0.1, 0.15) is 0 Å². The molecule has 1 heterocycles. The predicted octanol–water partition coefficient (Wildman–Crippen LogP) is 2.46. The molecule has 5 unspecified atom stereocenters. The summed E-state index contributed by atoms with van der Waals surface area (Å²) in [5.41, 5.74) is 0. The first-order valence-electron chi connectivity index (χ1n) is 8.29. The van der Waals surface area contributed by atoms with Crippen LogP contribution in [0, 0.1) is 17.8 Å². The normalized spacial score (nSPS) is 42.7. The smallest absolute Gasteiger partial charge is 0.237 e. The summed E-state index contributed by atoms with van der Waals surface area (Å²) in [6.45, 7) is 3.36. The van der Waals surface area contributed by atoms with Crippen molar-refractivity contribution in [1.29, 1.82) is 0 Å². The summed E-state index contributed by atoms with van der Waals surface area (Å²) in [6.07, 6.45) is 10.3. The molecule has 108 valence electrons. The third-order valence-electron chi connectivity index (χ3n) is 5.72. The molecule has 3 nitrogen and oxygen atoms in total. The average molecular weight is 264 g/mol. The summed E-state index contributed by atoms with van der Waals surface area (Å²) < 4.78 is 0. The van der Waals surface area contributed by atoms with Gasteiger partial charge in [-0.1, -0.05) is 32.6 Å². The lowest BCUT2D eigenvalue weighted by molar-refractivity contribution is -0.124. The third-order valence-corrected chi connectivity index (χ3v) is 5.72. The highest BCUT2D eigenvalue weighted by molar-refractivity contribution is 5.83. The quantitative estimate of drug-likeness (QED) is 0.752. The average Bonchev–Trinajstić information content (AvgIpc) is 2.93. The Labute approximate surface area is 116 Å². The van der Waals surface area contributed by atoms with Gasteiger partial charge in [-0.3, -0.25) is 4.79 Å². The van der Waals surface area contributed by atoms with Crippen molar-refractivity contribution >= 4 is 5.91 Å².